The van der Waals surface area contributed by atoms with Crippen molar-refractivity contribution in [3.05, 3.63) is 59.1 Å². The van der Waals surface area contributed by atoms with Crippen molar-refractivity contribution in [1.82, 2.24) is 15.1 Å². The number of nitrogens with one attached hydrogen (secondary N) is 1. The van der Waals surface area contributed by atoms with Gasteiger partial charge in [-0.3, -0.25) is 9.78 Å². The minimum Gasteiger partial charge on any atom is -0.329 e. The second kappa shape index (κ2) is 7.03. The lowest BCUT2D eigenvalue weighted by atomic mass is 10.1. The highest BCUT2D eigenvalue weighted by Crippen LogP contribution is 2.29. The van der Waals surface area contributed by atoms with E-state index in [1.165, 1.54) is 12.1 Å². The molecule has 7 nitrogen and oxygen atoms in total. The van der Waals surface area contributed by atoms with Gasteiger partial charge in [0, 0.05) is 0 Å². The van der Waals surface area contributed by atoms with Crippen molar-refractivity contribution in [3.63, 3.8) is 0 Å². The summed E-state index contributed by atoms with van der Waals surface area (Å²) in [5.74, 6) is -5.59. The summed E-state index contributed by atoms with van der Waals surface area (Å²) in [5, 5.41) is 14.0. The van der Waals surface area contributed by atoms with Gasteiger partial charge < -0.3 is 9.84 Å². The number of carbonyl (C=O) groups is 1. The van der Waals surface area contributed by atoms with E-state index in [0.717, 1.165) is 6.20 Å². The monoisotopic (exact) mass is 395 g/mol. The lowest BCUT2D eigenvalue weighted by molar-refractivity contribution is -0.159. The molecule has 28 heavy (non-hydrogen) atoms. The Labute approximate surface area is 152 Å². The number of rotatable bonds is 3. The smallest absolute Gasteiger partial charge is 0.329 e. The van der Waals surface area contributed by atoms with E-state index in [2.05, 4.69) is 25.0 Å². The van der Waals surface area contributed by atoms with E-state index < -0.39 is 41.0 Å². The first-order chi connectivity index (χ1) is 13.2. The van der Waals surface area contributed by atoms with Gasteiger partial charge in [-0.25, -0.2) is 8.78 Å². The average Bonchev–Trinajstić information content (AvgIpc) is 3.12. The van der Waals surface area contributed by atoms with E-state index in [1.807, 2.05) is 0 Å². The predicted octanol–water partition coefficient (Wildman–Crippen LogP) is 3.55. The number of hydrogen-bond acceptors (Lipinski definition) is 6. The van der Waals surface area contributed by atoms with Gasteiger partial charge in [-0.2, -0.15) is 23.4 Å². The van der Waals surface area contributed by atoms with Crippen LogP contribution in [0.4, 0.5) is 27.6 Å². The van der Waals surface area contributed by atoms with E-state index in [0.29, 0.717) is 12.1 Å². The number of nitrogens with zero attached hydrogens (tertiary/aromatic N) is 4. The van der Waals surface area contributed by atoms with Crippen molar-refractivity contribution in [2.75, 3.05) is 5.32 Å². The molecule has 0 aliphatic rings. The number of nitriles is 1. The number of benzene rings is 1. The summed E-state index contributed by atoms with van der Waals surface area (Å²) in [4.78, 5) is 19.0. The Morgan fingerprint density at radius 2 is 1.86 bits per heavy atom. The molecule has 12 heteroatoms. The average molecular weight is 395 g/mol. The third-order valence-corrected chi connectivity index (χ3v) is 3.32. The Hall–Kier alpha value is -3.88. The summed E-state index contributed by atoms with van der Waals surface area (Å²) < 4.78 is 69.1. The number of pyridine rings is 1. The van der Waals surface area contributed by atoms with Crippen LogP contribution >= 0.6 is 0 Å². The summed E-state index contributed by atoms with van der Waals surface area (Å²) in [6.07, 6.45) is -3.79. The van der Waals surface area contributed by atoms with Crippen LogP contribution < -0.4 is 5.32 Å². The number of halogens is 5. The normalized spacial score (nSPS) is 11.1. The topological polar surface area (TPSA) is 105 Å². The molecule has 3 rings (SSSR count). The van der Waals surface area contributed by atoms with Crippen LogP contribution in [0.1, 0.15) is 21.8 Å². The molecule has 142 valence electrons. The second-order valence-corrected chi connectivity index (χ2v) is 5.23. The van der Waals surface area contributed by atoms with Crippen LogP contribution in [0.2, 0.25) is 0 Å². The Morgan fingerprint density at radius 3 is 2.36 bits per heavy atom. The summed E-state index contributed by atoms with van der Waals surface area (Å²) >= 11 is 0. The van der Waals surface area contributed by atoms with Crippen LogP contribution in [0.5, 0.6) is 0 Å². The molecule has 2 aromatic heterocycles. The molecule has 1 aromatic carbocycles. The molecule has 0 atom stereocenters. The van der Waals surface area contributed by atoms with Gasteiger partial charge >= 0.3 is 12.1 Å². The molecule has 0 saturated heterocycles. The lowest BCUT2D eigenvalue weighted by Crippen LogP contribution is -2.16. The third-order valence-electron chi connectivity index (χ3n) is 3.32. The summed E-state index contributed by atoms with van der Waals surface area (Å²) in [6, 6.07) is 5.33. The Kier molecular flexibility index (Phi) is 4.74. The maximum absolute atomic E-state index is 13.8. The van der Waals surface area contributed by atoms with Gasteiger partial charge in [0.2, 0.25) is 5.82 Å². The van der Waals surface area contributed by atoms with Gasteiger partial charge in [-0.05, 0) is 24.3 Å². The molecule has 0 aliphatic carbocycles. The zero-order chi connectivity index (χ0) is 20.5. The Morgan fingerprint density at radius 1 is 1.18 bits per heavy atom. The Balaban J connectivity index is 1.79. The van der Waals surface area contributed by atoms with Gasteiger partial charge in [0.05, 0.1) is 23.5 Å². The Bertz CT molecular complexity index is 1060. The SMILES string of the molecule is N#Cc1cc(F)c(C(=O)Nc2ccc(-c3noc(C(F)(F)F)n3)nc2)c(F)c1. The molecule has 0 radical (unpaired) electrons. The number of anilines is 1. The van der Waals surface area contributed by atoms with Crippen LogP contribution in [0, 0.1) is 23.0 Å². The molecular weight excluding hydrogens is 389 g/mol. The van der Waals surface area contributed by atoms with Gasteiger partial charge in [0.25, 0.3) is 5.91 Å². The third kappa shape index (κ3) is 3.78. The molecule has 0 unspecified atom stereocenters. The van der Waals surface area contributed by atoms with Crippen LogP contribution in [-0.2, 0) is 6.18 Å². The highest BCUT2D eigenvalue weighted by atomic mass is 19.4. The van der Waals surface area contributed by atoms with Crippen molar-refractivity contribution in [2.24, 2.45) is 0 Å². The molecule has 0 fully saturated rings. The maximum Gasteiger partial charge on any atom is 0.471 e. The van der Waals surface area contributed by atoms with Crippen molar-refractivity contribution in [1.29, 1.82) is 5.26 Å². The minimum atomic E-state index is -4.81. The maximum atomic E-state index is 13.8. The standard InChI is InChI=1S/C16H6F5N5O2/c17-9-3-7(5-22)4-10(18)12(9)14(27)24-8-1-2-11(23-6-8)13-25-15(28-26-13)16(19,20)21/h1-4,6H,(H,24,27). The number of alkyl halides is 3. The number of amides is 1. The van der Waals surface area contributed by atoms with Gasteiger partial charge in [0.15, 0.2) is 0 Å². The fraction of sp³-hybridized carbons (Fsp3) is 0.0625. The number of hydrogen-bond donors (Lipinski definition) is 1. The van der Waals surface area contributed by atoms with E-state index in [9.17, 15) is 26.7 Å². The second-order valence-electron chi connectivity index (χ2n) is 5.23. The summed E-state index contributed by atoms with van der Waals surface area (Å²) in [5.41, 5.74) is -1.29. The van der Waals surface area contributed by atoms with Gasteiger partial charge in [0.1, 0.15) is 22.9 Å². The van der Waals surface area contributed by atoms with Crippen molar-refractivity contribution in [2.45, 2.75) is 6.18 Å². The van der Waals surface area contributed by atoms with E-state index >= 15 is 0 Å². The predicted molar refractivity (Wildman–Crippen MR) is 81.6 cm³/mol. The van der Waals surface area contributed by atoms with E-state index in [-0.39, 0.29) is 16.9 Å². The minimum absolute atomic E-state index is 0.00329. The number of aromatic nitrogens is 3. The fourth-order valence-corrected chi connectivity index (χ4v) is 2.09. The van der Waals surface area contributed by atoms with Crippen molar-refractivity contribution >= 4 is 11.6 Å². The first kappa shape index (κ1) is 18.9. The molecule has 1 amide bonds. The molecule has 0 aliphatic heterocycles. The molecule has 1 N–H and O–H groups in total. The summed E-state index contributed by atoms with van der Waals surface area (Å²) in [7, 11) is 0. The van der Waals surface area contributed by atoms with Crippen molar-refractivity contribution < 1.29 is 31.3 Å². The molecular formula is C16H6F5N5O2. The van der Waals surface area contributed by atoms with Crippen LogP contribution in [0.3, 0.4) is 0 Å². The first-order valence-corrected chi connectivity index (χ1v) is 7.27. The quantitative estimate of drug-likeness (QED) is 0.680. The van der Waals surface area contributed by atoms with Crippen LogP contribution in [0.15, 0.2) is 35.0 Å². The van der Waals surface area contributed by atoms with Crippen molar-refractivity contribution in [3.8, 4) is 17.6 Å². The summed E-state index contributed by atoms with van der Waals surface area (Å²) in [6.45, 7) is 0. The van der Waals surface area contributed by atoms with E-state index in [4.69, 9.17) is 5.26 Å². The fourth-order valence-electron chi connectivity index (χ4n) is 2.09. The largest absolute Gasteiger partial charge is 0.471 e. The highest BCUT2D eigenvalue weighted by molar-refractivity contribution is 6.04. The molecule has 0 saturated carbocycles. The molecule has 2 heterocycles. The zero-order valence-corrected chi connectivity index (χ0v) is 13.4. The van der Waals surface area contributed by atoms with Crippen LogP contribution in [0.25, 0.3) is 11.5 Å². The van der Waals surface area contributed by atoms with Gasteiger partial charge in [-0.1, -0.05) is 5.16 Å². The highest BCUT2D eigenvalue weighted by Gasteiger charge is 2.38. The van der Waals surface area contributed by atoms with Crippen LogP contribution in [-0.4, -0.2) is 21.0 Å². The molecule has 3 aromatic rings. The van der Waals surface area contributed by atoms with E-state index in [1.54, 1.807) is 6.07 Å². The zero-order valence-electron chi connectivity index (χ0n) is 13.4. The molecule has 0 spiro atoms. The van der Waals surface area contributed by atoms with Gasteiger partial charge in [-0.15, -0.1) is 0 Å². The number of carbonyl (C=O) groups excluding carboxylic acids is 1. The molecule has 0 bridgehead atoms. The first-order valence-electron chi connectivity index (χ1n) is 7.27. The lowest BCUT2D eigenvalue weighted by Gasteiger charge is -2.07.